The predicted molar refractivity (Wildman–Crippen MR) is 115 cm³/mol. The minimum atomic E-state index is -3.74. The fraction of sp³-hybridized carbons (Fsp3) is 0.545. The second-order valence-corrected chi connectivity index (χ2v) is 10.4. The molecule has 7 nitrogen and oxygen atoms in total. The van der Waals surface area contributed by atoms with Crippen LogP contribution in [0, 0.1) is 20.8 Å². The maximum atomic E-state index is 13.6. The van der Waals surface area contributed by atoms with E-state index in [0.29, 0.717) is 37.4 Å². The van der Waals surface area contributed by atoms with Crippen molar-refractivity contribution in [2.75, 3.05) is 19.6 Å². The van der Waals surface area contributed by atoms with E-state index >= 15 is 0 Å². The number of carbonyl (C=O) groups is 1. The molecule has 1 amide bonds. The van der Waals surface area contributed by atoms with Crippen LogP contribution in [0.15, 0.2) is 29.4 Å². The Morgan fingerprint density at radius 2 is 1.80 bits per heavy atom. The number of aromatic amines is 1. The molecular weight excluding hydrogens is 400 g/mol. The third-order valence-corrected chi connectivity index (χ3v) is 8.51. The first-order valence-corrected chi connectivity index (χ1v) is 12.1. The molecule has 162 valence electrons. The lowest BCUT2D eigenvalue weighted by Gasteiger charge is -2.35. The molecule has 0 bridgehead atoms. The molecule has 2 fully saturated rings. The number of hydrogen-bond acceptors (Lipinski definition) is 4. The third kappa shape index (κ3) is 3.78. The Morgan fingerprint density at radius 1 is 1.10 bits per heavy atom. The number of sulfonamides is 1. The summed E-state index contributed by atoms with van der Waals surface area (Å²) >= 11 is 0. The number of carbonyl (C=O) groups excluding carboxylic acids is 1. The number of amides is 1. The lowest BCUT2D eigenvalue weighted by atomic mass is 9.96. The van der Waals surface area contributed by atoms with Gasteiger partial charge in [-0.15, -0.1) is 0 Å². The van der Waals surface area contributed by atoms with Gasteiger partial charge in [-0.25, -0.2) is 13.4 Å². The first-order valence-electron chi connectivity index (χ1n) is 10.7. The number of hydrogen-bond donors (Lipinski definition) is 1. The SMILES string of the molecule is Cc1cc(C)c(S(=O)(=O)N2CCCC2C(=O)N2CCCC(c3ncc[nH]3)C2)c(C)c1. The molecule has 0 radical (unpaired) electrons. The molecule has 0 spiro atoms. The Morgan fingerprint density at radius 3 is 2.47 bits per heavy atom. The summed E-state index contributed by atoms with van der Waals surface area (Å²) in [7, 11) is -3.74. The summed E-state index contributed by atoms with van der Waals surface area (Å²) < 4.78 is 28.6. The van der Waals surface area contributed by atoms with Crippen LogP contribution < -0.4 is 0 Å². The summed E-state index contributed by atoms with van der Waals surface area (Å²) in [5.74, 6) is 0.995. The Bertz CT molecular complexity index is 1010. The highest BCUT2D eigenvalue weighted by Gasteiger charge is 2.43. The molecule has 2 aromatic rings. The average Bonchev–Trinajstić information content (AvgIpc) is 3.38. The largest absolute Gasteiger partial charge is 0.348 e. The number of piperidine rings is 1. The zero-order valence-electron chi connectivity index (χ0n) is 17.9. The summed E-state index contributed by atoms with van der Waals surface area (Å²) in [5, 5.41) is 0. The van der Waals surface area contributed by atoms with E-state index in [-0.39, 0.29) is 11.8 Å². The molecule has 0 aliphatic carbocycles. The lowest BCUT2D eigenvalue weighted by Crippen LogP contribution is -2.50. The summed E-state index contributed by atoms with van der Waals surface area (Å²) in [6, 6.07) is 3.17. The van der Waals surface area contributed by atoms with Gasteiger partial charge in [-0.3, -0.25) is 4.79 Å². The van der Waals surface area contributed by atoms with Crippen molar-refractivity contribution in [2.45, 2.75) is 63.3 Å². The second kappa shape index (κ2) is 8.15. The van der Waals surface area contributed by atoms with Gasteiger partial charge in [-0.05, 0) is 57.6 Å². The molecule has 8 heteroatoms. The first kappa shape index (κ1) is 21.1. The maximum absolute atomic E-state index is 13.6. The Labute approximate surface area is 178 Å². The van der Waals surface area contributed by atoms with Crippen molar-refractivity contribution in [1.29, 1.82) is 0 Å². The van der Waals surface area contributed by atoms with Gasteiger partial charge in [0.1, 0.15) is 11.9 Å². The van der Waals surface area contributed by atoms with Crippen molar-refractivity contribution in [3.63, 3.8) is 0 Å². The quantitative estimate of drug-likeness (QED) is 0.808. The van der Waals surface area contributed by atoms with Crippen LogP contribution in [0.25, 0.3) is 0 Å². The molecule has 2 aliphatic heterocycles. The summed E-state index contributed by atoms with van der Waals surface area (Å²) in [4.78, 5) is 23.1. The van der Waals surface area contributed by atoms with Gasteiger partial charge in [0.25, 0.3) is 0 Å². The highest BCUT2D eigenvalue weighted by molar-refractivity contribution is 7.89. The van der Waals surface area contributed by atoms with E-state index in [2.05, 4.69) is 9.97 Å². The molecule has 30 heavy (non-hydrogen) atoms. The van der Waals surface area contributed by atoms with Gasteiger partial charge in [-0.1, -0.05) is 17.7 Å². The first-order chi connectivity index (χ1) is 14.3. The van der Waals surface area contributed by atoms with E-state index in [1.165, 1.54) is 4.31 Å². The molecule has 2 unspecified atom stereocenters. The van der Waals surface area contributed by atoms with E-state index in [1.54, 1.807) is 12.4 Å². The van der Waals surface area contributed by atoms with Crippen molar-refractivity contribution in [2.24, 2.45) is 0 Å². The van der Waals surface area contributed by atoms with Crippen LogP contribution in [0.5, 0.6) is 0 Å². The monoisotopic (exact) mass is 430 g/mol. The highest BCUT2D eigenvalue weighted by atomic mass is 32.2. The normalized spacial score (nSPS) is 23.1. The molecule has 2 aliphatic rings. The summed E-state index contributed by atoms with van der Waals surface area (Å²) in [6.07, 6.45) is 6.68. The van der Waals surface area contributed by atoms with Crippen LogP contribution in [0.2, 0.25) is 0 Å². The smallest absolute Gasteiger partial charge is 0.244 e. The number of aromatic nitrogens is 2. The van der Waals surface area contributed by atoms with Gasteiger partial charge in [-0.2, -0.15) is 4.31 Å². The Hall–Kier alpha value is -2.19. The molecule has 1 N–H and O–H groups in total. The molecule has 2 saturated heterocycles. The number of rotatable bonds is 4. The van der Waals surface area contributed by atoms with Gasteiger partial charge in [0.2, 0.25) is 15.9 Å². The molecule has 4 rings (SSSR count). The molecule has 1 aromatic carbocycles. The van der Waals surface area contributed by atoms with Crippen LogP contribution >= 0.6 is 0 Å². The number of likely N-dealkylation sites (tertiary alicyclic amines) is 1. The standard InChI is InChI=1S/C22H30N4O3S/c1-15-12-16(2)20(17(3)13-15)30(28,29)26-11-5-7-19(26)22(27)25-10-4-6-18(14-25)21-23-8-9-24-21/h8-9,12-13,18-19H,4-7,10-11,14H2,1-3H3,(H,23,24). The van der Waals surface area contributed by atoms with Gasteiger partial charge >= 0.3 is 0 Å². The van der Waals surface area contributed by atoms with Crippen molar-refractivity contribution < 1.29 is 13.2 Å². The summed E-state index contributed by atoms with van der Waals surface area (Å²) in [6.45, 7) is 7.27. The van der Waals surface area contributed by atoms with Crippen LogP contribution in [0.4, 0.5) is 0 Å². The number of nitrogens with zero attached hydrogens (tertiary/aromatic N) is 3. The van der Waals surface area contributed by atoms with Crippen molar-refractivity contribution in [3.8, 4) is 0 Å². The van der Waals surface area contributed by atoms with Crippen LogP contribution in [0.1, 0.15) is 54.1 Å². The van der Waals surface area contributed by atoms with Gasteiger partial charge in [0.15, 0.2) is 0 Å². The zero-order chi connectivity index (χ0) is 21.5. The topological polar surface area (TPSA) is 86.4 Å². The number of aryl methyl sites for hydroxylation is 3. The van der Waals surface area contributed by atoms with E-state index in [0.717, 1.165) is 35.4 Å². The predicted octanol–water partition coefficient (Wildman–Crippen LogP) is 2.89. The Balaban J connectivity index is 1.58. The fourth-order valence-electron chi connectivity index (χ4n) is 5.08. The lowest BCUT2D eigenvalue weighted by molar-refractivity contribution is -0.135. The highest BCUT2D eigenvalue weighted by Crippen LogP contribution is 2.33. The van der Waals surface area contributed by atoms with Crippen molar-refractivity contribution in [3.05, 3.63) is 47.0 Å². The van der Waals surface area contributed by atoms with Gasteiger partial charge in [0.05, 0.1) is 4.90 Å². The molecular formula is C22H30N4O3S. The van der Waals surface area contributed by atoms with Crippen molar-refractivity contribution >= 4 is 15.9 Å². The average molecular weight is 431 g/mol. The molecule has 3 heterocycles. The third-order valence-electron chi connectivity index (χ3n) is 6.30. The van der Waals surface area contributed by atoms with E-state index in [1.807, 2.05) is 37.8 Å². The maximum Gasteiger partial charge on any atom is 0.244 e. The van der Waals surface area contributed by atoms with E-state index in [4.69, 9.17) is 0 Å². The fourth-order valence-corrected chi connectivity index (χ4v) is 7.14. The van der Waals surface area contributed by atoms with Gasteiger partial charge < -0.3 is 9.88 Å². The molecule has 1 aromatic heterocycles. The van der Waals surface area contributed by atoms with Crippen LogP contribution in [-0.2, 0) is 14.8 Å². The number of benzene rings is 1. The number of nitrogens with one attached hydrogen (secondary N) is 1. The minimum Gasteiger partial charge on any atom is -0.348 e. The zero-order valence-corrected chi connectivity index (χ0v) is 18.7. The summed E-state index contributed by atoms with van der Waals surface area (Å²) in [5.41, 5.74) is 2.51. The number of H-pyrrole nitrogens is 1. The van der Waals surface area contributed by atoms with Crippen LogP contribution in [0.3, 0.4) is 0 Å². The minimum absolute atomic E-state index is 0.0743. The van der Waals surface area contributed by atoms with E-state index < -0.39 is 16.1 Å². The van der Waals surface area contributed by atoms with Crippen molar-refractivity contribution in [1.82, 2.24) is 19.2 Å². The van der Waals surface area contributed by atoms with Gasteiger partial charge in [0, 0.05) is 37.9 Å². The van der Waals surface area contributed by atoms with E-state index in [9.17, 15) is 13.2 Å². The second-order valence-electron chi connectivity index (χ2n) is 8.60. The Kier molecular flexibility index (Phi) is 5.72. The molecule has 0 saturated carbocycles. The van der Waals surface area contributed by atoms with Crippen LogP contribution in [-0.4, -0.2) is 59.2 Å². The number of imidazole rings is 1. The molecule has 2 atom stereocenters.